The van der Waals surface area contributed by atoms with Gasteiger partial charge in [-0.15, -0.1) is 0 Å². The molecule has 0 saturated carbocycles. The van der Waals surface area contributed by atoms with Crippen molar-refractivity contribution in [3.63, 3.8) is 0 Å². The van der Waals surface area contributed by atoms with E-state index in [1.807, 2.05) is 6.92 Å². The molecule has 1 N–H and O–H groups in total. The standard InChI is InChI=1S/C16H26FN/c1-11(2)9-18-10-13(4)14(5)15-6-12(3)7-16(17)8-15/h6-8,11,13-14,18H,9-10H2,1-5H3. The Balaban J connectivity index is 2.59. The second-order valence-electron chi connectivity index (χ2n) is 5.88. The number of hydrogen-bond acceptors (Lipinski definition) is 1. The van der Waals surface area contributed by atoms with Gasteiger partial charge in [-0.25, -0.2) is 4.39 Å². The van der Waals surface area contributed by atoms with Crippen LogP contribution < -0.4 is 5.32 Å². The van der Waals surface area contributed by atoms with Crippen LogP contribution in [0.1, 0.15) is 44.7 Å². The van der Waals surface area contributed by atoms with E-state index in [1.54, 1.807) is 12.1 Å². The van der Waals surface area contributed by atoms with E-state index in [0.29, 0.717) is 17.8 Å². The summed E-state index contributed by atoms with van der Waals surface area (Å²) in [5.41, 5.74) is 2.10. The van der Waals surface area contributed by atoms with Crippen LogP contribution in [0.5, 0.6) is 0 Å². The molecule has 0 spiro atoms. The van der Waals surface area contributed by atoms with Gasteiger partial charge in [0.05, 0.1) is 0 Å². The zero-order valence-corrected chi connectivity index (χ0v) is 12.3. The Morgan fingerprint density at radius 1 is 1.06 bits per heavy atom. The van der Waals surface area contributed by atoms with Crippen molar-refractivity contribution in [1.82, 2.24) is 5.32 Å². The van der Waals surface area contributed by atoms with E-state index in [2.05, 4.69) is 39.1 Å². The van der Waals surface area contributed by atoms with Crippen molar-refractivity contribution in [2.24, 2.45) is 11.8 Å². The number of halogens is 1. The molecule has 0 amide bonds. The van der Waals surface area contributed by atoms with Crippen LogP contribution in [0.15, 0.2) is 18.2 Å². The normalized spacial score (nSPS) is 14.8. The van der Waals surface area contributed by atoms with Crippen LogP contribution in [-0.4, -0.2) is 13.1 Å². The summed E-state index contributed by atoms with van der Waals surface area (Å²) in [6.45, 7) is 12.8. The molecule has 18 heavy (non-hydrogen) atoms. The molecular formula is C16H26FN. The lowest BCUT2D eigenvalue weighted by atomic mass is 9.88. The lowest BCUT2D eigenvalue weighted by Crippen LogP contribution is -2.27. The molecule has 0 aliphatic rings. The molecule has 2 heteroatoms. The van der Waals surface area contributed by atoms with Gasteiger partial charge in [-0.3, -0.25) is 0 Å². The van der Waals surface area contributed by atoms with Crippen molar-refractivity contribution >= 4 is 0 Å². The molecule has 0 aliphatic carbocycles. The maximum atomic E-state index is 13.4. The highest BCUT2D eigenvalue weighted by Crippen LogP contribution is 2.25. The second kappa shape index (κ2) is 6.89. The summed E-state index contributed by atoms with van der Waals surface area (Å²) in [4.78, 5) is 0. The van der Waals surface area contributed by atoms with Crippen molar-refractivity contribution in [3.8, 4) is 0 Å². The monoisotopic (exact) mass is 251 g/mol. The van der Waals surface area contributed by atoms with E-state index in [-0.39, 0.29) is 5.82 Å². The molecule has 0 bridgehead atoms. The first kappa shape index (κ1) is 15.2. The topological polar surface area (TPSA) is 12.0 Å². The van der Waals surface area contributed by atoms with E-state index in [4.69, 9.17) is 0 Å². The first-order valence-electron chi connectivity index (χ1n) is 6.88. The molecule has 102 valence electrons. The maximum Gasteiger partial charge on any atom is 0.123 e. The molecule has 1 aromatic carbocycles. The summed E-state index contributed by atoms with van der Waals surface area (Å²) in [7, 11) is 0. The van der Waals surface area contributed by atoms with Gasteiger partial charge >= 0.3 is 0 Å². The van der Waals surface area contributed by atoms with Crippen LogP contribution in [0.2, 0.25) is 0 Å². The van der Waals surface area contributed by atoms with Crippen LogP contribution >= 0.6 is 0 Å². The second-order valence-corrected chi connectivity index (χ2v) is 5.88. The fourth-order valence-corrected chi connectivity index (χ4v) is 2.13. The highest BCUT2D eigenvalue weighted by Gasteiger charge is 2.15. The van der Waals surface area contributed by atoms with Gasteiger partial charge in [0, 0.05) is 0 Å². The lowest BCUT2D eigenvalue weighted by molar-refractivity contribution is 0.427. The fraction of sp³-hybridized carbons (Fsp3) is 0.625. The molecule has 0 aliphatic heterocycles. The van der Waals surface area contributed by atoms with E-state index < -0.39 is 0 Å². The van der Waals surface area contributed by atoms with E-state index >= 15 is 0 Å². The third-order valence-corrected chi connectivity index (χ3v) is 3.46. The molecule has 1 nitrogen and oxygen atoms in total. The van der Waals surface area contributed by atoms with E-state index in [0.717, 1.165) is 24.2 Å². The van der Waals surface area contributed by atoms with Gasteiger partial charge in [-0.2, -0.15) is 0 Å². The summed E-state index contributed by atoms with van der Waals surface area (Å²) < 4.78 is 13.4. The Morgan fingerprint density at radius 2 is 1.72 bits per heavy atom. The Hall–Kier alpha value is -0.890. The zero-order valence-electron chi connectivity index (χ0n) is 12.3. The minimum atomic E-state index is -0.126. The third-order valence-electron chi connectivity index (χ3n) is 3.46. The predicted octanol–water partition coefficient (Wildman–Crippen LogP) is 4.12. The first-order chi connectivity index (χ1) is 8.40. The lowest BCUT2D eigenvalue weighted by Gasteiger charge is -2.22. The Bertz CT molecular complexity index is 353. The van der Waals surface area contributed by atoms with Crippen LogP contribution in [0, 0.1) is 24.6 Å². The molecule has 0 saturated heterocycles. The number of benzene rings is 1. The van der Waals surface area contributed by atoms with Gasteiger partial charge in [-0.05, 0) is 61.0 Å². The summed E-state index contributed by atoms with van der Waals surface area (Å²) in [6.07, 6.45) is 0. The maximum absolute atomic E-state index is 13.4. The first-order valence-corrected chi connectivity index (χ1v) is 6.88. The van der Waals surface area contributed by atoms with E-state index in [1.165, 1.54) is 0 Å². The number of hydrogen-bond donors (Lipinski definition) is 1. The highest BCUT2D eigenvalue weighted by molar-refractivity contribution is 5.26. The Labute approximate surface area is 111 Å². The molecule has 2 atom stereocenters. The quantitative estimate of drug-likeness (QED) is 0.802. The minimum Gasteiger partial charge on any atom is -0.316 e. The van der Waals surface area contributed by atoms with Gasteiger partial charge in [0.1, 0.15) is 5.82 Å². The average molecular weight is 251 g/mol. The van der Waals surface area contributed by atoms with Crippen molar-refractivity contribution in [3.05, 3.63) is 35.1 Å². The predicted molar refractivity (Wildman–Crippen MR) is 76.4 cm³/mol. The number of nitrogens with one attached hydrogen (secondary N) is 1. The number of rotatable bonds is 6. The molecule has 2 unspecified atom stereocenters. The van der Waals surface area contributed by atoms with Crippen LogP contribution in [-0.2, 0) is 0 Å². The van der Waals surface area contributed by atoms with Gasteiger partial charge in [0.15, 0.2) is 0 Å². The Morgan fingerprint density at radius 3 is 2.28 bits per heavy atom. The minimum absolute atomic E-state index is 0.126. The smallest absolute Gasteiger partial charge is 0.123 e. The Kier molecular flexibility index (Phi) is 5.80. The average Bonchev–Trinajstić information content (AvgIpc) is 2.26. The fourth-order valence-electron chi connectivity index (χ4n) is 2.13. The van der Waals surface area contributed by atoms with Crippen LogP contribution in [0.3, 0.4) is 0 Å². The molecule has 0 heterocycles. The molecular weight excluding hydrogens is 225 g/mol. The molecule has 0 aromatic heterocycles. The van der Waals surface area contributed by atoms with Gasteiger partial charge in [-0.1, -0.05) is 33.8 Å². The largest absolute Gasteiger partial charge is 0.316 e. The zero-order chi connectivity index (χ0) is 13.7. The summed E-state index contributed by atoms with van der Waals surface area (Å²) >= 11 is 0. The summed E-state index contributed by atoms with van der Waals surface area (Å²) in [6, 6.07) is 5.33. The van der Waals surface area contributed by atoms with Gasteiger partial charge < -0.3 is 5.32 Å². The van der Waals surface area contributed by atoms with Gasteiger partial charge in [0.25, 0.3) is 0 Å². The van der Waals surface area contributed by atoms with Crippen molar-refractivity contribution in [2.45, 2.75) is 40.5 Å². The van der Waals surface area contributed by atoms with E-state index in [9.17, 15) is 4.39 Å². The van der Waals surface area contributed by atoms with Crippen LogP contribution in [0.25, 0.3) is 0 Å². The van der Waals surface area contributed by atoms with Crippen LogP contribution in [0.4, 0.5) is 4.39 Å². The number of aryl methyl sites for hydroxylation is 1. The summed E-state index contributed by atoms with van der Waals surface area (Å²) in [5, 5.41) is 3.47. The van der Waals surface area contributed by atoms with Crippen molar-refractivity contribution in [1.29, 1.82) is 0 Å². The molecule has 1 rings (SSSR count). The van der Waals surface area contributed by atoms with Gasteiger partial charge in [0.2, 0.25) is 0 Å². The highest BCUT2D eigenvalue weighted by atomic mass is 19.1. The molecule has 0 radical (unpaired) electrons. The van der Waals surface area contributed by atoms with Crippen molar-refractivity contribution < 1.29 is 4.39 Å². The van der Waals surface area contributed by atoms with Crippen molar-refractivity contribution in [2.75, 3.05) is 13.1 Å². The third kappa shape index (κ3) is 4.77. The molecule has 0 fully saturated rings. The summed E-state index contributed by atoms with van der Waals surface area (Å²) in [5.74, 6) is 1.42. The SMILES string of the molecule is Cc1cc(F)cc(C(C)C(C)CNCC(C)C)c1. The molecule has 1 aromatic rings.